The standard InChI is InChI=1S/C20H21N5O2/c26-15-7-6-13-3-1-5-17(16(13)9-15)27-10-14-4-2-8-25(14)20-18-19(22-11-21-18)23-12-24-20/h1,3,5,11-12,14H,2,4,6-10H2,(H,21,22,23,24)/t14-/m1/s1. The number of Topliss-reactive ketones (excluding diaryl/α,β-unsaturated/α-hetero) is 1. The van der Waals surface area contributed by atoms with Crippen LogP contribution >= 0.6 is 0 Å². The van der Waals surface area contributed by atoms with E-state index < -0.39 is 0 Å². The molecule has 0 radical (unpaired) electrons. The number of aromatic nitrogens is 4. The number of ketones is 1. The van der Waals surface area contributed by atoms with Crippen molar-refractivity contribution < 1.29 is 9.53 Å². The number of ether oxygens (including phenoxy) is 1. The molecule has 27 heavy (non-hydrogen) atoms. The molecule has 5 rings (SSSR count). The molecule has 2 aliphatic rings. The van der Waals surface area contributed by atoms with E-state index in [1.807, 2.05) is 12.1 Å². The van der Waals surface area contributed by atoms with Crippen LogP contribution in [-0.4, -0.2) is 44.9 Å². The van der Waals surface area contributed by atoms with Crippen LogP contribution in [0.25, 0.3) is 11.2 Å². The van der Waals surface area contributed by atoms with Crippen LogP contribution in [-0.2, 0) is 17.6 Å². The van der Waals surface area contributed by atoms with Gasteiger partial charge in [-0.15, -0.1) is 0 Å². The molecule has 3 heterocycles. The normalized spacial score (nSPS) is 19.5. The number of benzene rings is 1. The van der Waals surface area contributed by atoms with Gasteiger partial charge in [0.15, 0.2) is 11.5 Å². The highest BCUT2D eigenvalue weighted by atomic mass is 16.5. The highest BCUT2D eigenvalue weighted by Crippen LogP contribution is 2.31. The van der Waals surface area contributed by atoms with Crippen molar-refractivity contribution in [2.75, 3.05) is 18.1 Å². The number of imidazole rings is 1. The first kappa shape index (κ1) is 16.2. The van der Waals surface area contributed by atoms with E-state index in [-0.39, 0.29) is 6.04 Å². The molecule has 1 aliphatic heterocycles. The van der Waals surface area contributed by atoms with Gasteiger partial charge in [-0.1, -0.05) is 12.1 Å². The van der Waals surface area contributed by atoms with Crippen LogP contribution in [0.15, 0.2) is 30.9 Å². The minimum Gasteiger partial charge on any atom is -0.491 e. The maximum absolute atomic E-state index is 11.9. The number of rotatable bonds is 4. The predicted molar refractivity (Wildman–Crippen MR) is 101 cm³/mol. The summed E-state index contributed by atoms with van der Waals surface area (Å²) in [5, 5.41) is 0. The number of fused-ring (bicyclic) bond motifs is 2. The van der Waals surface area contributed by atoms with Crippen LogP contribution in [0.5, 0.6) is 5.75 Å². The maximum atomic E-state index is 11.9. The van der Waals surface area contributed by atoms with Gasteiger partial charge in [0.1, 0.15) is 30.0 Å². The molecule has 1 aromatic carbocycles. The van der Waals surface area contributed by atoms with Crippen LogP contribution in [0.2, 0.25) is 0 Å². The summed E-state index contributed by atoms with van der Waals surface area (Å²) in [6.45, 7) is 1.50. The van der Waals surface area contributed by atoms with Crippen molar-refractivity contribution >= 4 is 22.8 Å². The van der Waals surface area contributed by atoms with Crippen LogP contribution in [0.4, 0.5) is 5.82 Å². The number of hydrogen-bond donors (Lipinski definition) is 1. The van der Waals surface area contributed by atoms with Gasteiger partial charge in [-0.2, -0.15) is 0 Å². The molecule has 0 bridgehead atoms. The summed E-state index contributed by atoms with van der Waals surface area (Å²) in [5.41, 5.74) is 3.86. The van der Waals surface area contributed by atoms with E-state index in [0.717, 1.165) is 54.1 Å². The van der Waals surface area contributed by atoms with Gasteiger partial charge in [0.05, 0.1) is 12.4 Å². The van der Waals surface area contributed by atoms with E-state index in [9.17, 15) is 4.79 Å². The summed E-state index contributed by atoms with van der Waals surface area (Å²) in [7, 11) is 0. The van der Waals surface area contributed by atoms with Crippen LogP contribution in [0.3, 0.4) is 0 Å². The molecule has 1 N–H and O–H groups in total. The second-order valence-corrected chi connectivity index (χ2v) is 7.21. The first-order chi connectivity index (χ1) is 13.3. The SMILES string of the molecule is O=C1CCc2cccc(OC[C@H]3CCCN3c3ncnc4[nH]cnc34)c2C1. The van der Waals surface area contributed by atoms with Gasteiger partial charge in [-0.3, -0.25) is 4.79 Å². The first-order valence-electron chi connectivity index (χ1n) is 9.45. The molecule has 0 spiro atoms. The van der Waals surface area contributed by atoms with Gasteiger partial charge in [-0.25, -0.2) is 15.0 Å². The largest absolute Gasteiger partial charge is 0.491 e. The topological polar surface area (TPSA) is 84.0 Å². The second kappa shape index (κ2) is 6.64. The Morgan fingerprint density at radius 1 is 1.22 bits per heavy atom. The molecular formula is C20H21N5O2. The third-order valence-corrected chi connectivity index (χ3v) is 5.56. The Balaban J connectivity index is 1.37. The summed E-state index contributed by atoms with van der Waals surface area (Å²) in [4.78, 5) is 30.3. The molecule has 1 saturated heterocycles. The average Bonchev–Trinajstić information content (AvgIpc) is 3.35. The minimum absolute atomic E-state index is 0.231. The summed E-state index contributed by atoms with van der Waals surface area (Å²) in [6.07, 6.45) is 7.31. The van der Waals surface area contributed by atoms with E-state index in [0.29, 0.717) is 25.2 Å². The Morgan fingerprint density at radius 3 is 3.15 bits per heavy atom. The molecule has 3 aromatic rings. The first-order valence-corrected chi connectivity index (χ1v) is 9.45. The highest BCUT2D eigenvalue weighted by molar-refractivity contribution is 5.84. The van der Waals surface area contributed by atoms with Gasteiger partial charge < -0.3 is 14.6 Å². The monoisotopic (exact) mass is 363 g/mol. The van der Waals surface area contributed by atoms with Gasteiger partial charge in [0, 0.05) is 24.9 Å². The van der Waals surface area contributed by atoms with E-state index in [2.05, 4.69) is 30.9 Å². The van der Waals surface area contributed by atoms with Crippen LogP contribution < -0.4 is 9.64 Å². The third-order valence-electron chi connectivity index (χ3n) is 5.56. The summed E-state index contributed by atoms with van der Waals surface area (Å²) >= 11 is 0. The Morgan fingerprint density at radius 2 is 2.19 bits per heavy atom. The van der Waals surface area contributed by atoms with Crippen molar-refractivity contribution in [1.82, 2.24) is 19.9 Å². The fourth-order valence-corrected chi connectivity index (χ4v) is 4.18. The van der Waals surface area contributed by atoms with E-state index in [4.69, 9.17) is 4.74 Å². The zero-order chi connectivity index (χ0) is 18.2. The molecule has 1 aliphatic carbocycles. The second-order valence-electron chi connectivity index (χ2n) is 7.21. The molecule has 0 saturated carbocycles. The number of hydrogen-bond acceptors (Lipinski definition) is 6. The zero-order valence-corrected chi connectivity index (χ0v) is 15.0. The summed E-state index contributed by atoms with van der Waals surface area (Å²) in [6, 6.07) is 6.34. The number of carbonyl (C=O) groups excluding carboxylic acids is 1. The number of nitrogens with zero attached hydrogens (tertiary/aromatic N) is 4. The lowest BCUT2D eigenvalue weighted by molar-refractivity contribution is -0.118. The molecule has 0 unspecified atom stereocenters. The van der Waals surface area contributed by atoms with E-state index >= 15 is 0 Å². The molecule has 0 amide bonds. The smallest absolute Gasteiger partial charge is 0.162 e. The predicted octanol–water partition coefficient (Wildman–Crippen LogP) is 2.46. The fraction of sp³-hybridized carbons (Fsp3) is 0.400. The van der Waals surface area contributed by atoms with Crippen molar-refractivity contribution in [3.8, 4) is 5.75 Å². The van der Waals surface area contributed by atoms with Crippen molar-refractivity contribution in [2.45, 2.75) is 38.1 Å². The molecule has 7 nitrogen and oxygen atoms in total. The van der Waals surface area contributed by atoms with Gasteiger partial charge in [0.25, 0.3) is 0 Å². The maximum Gasteiger partial charge on any atom is 0.162 e. The van der Waals surface area contributed by atoms with Gasteiger partial charge in [0.2, 0.25) is 0 Å². The molecular weight excluding hydrogens is 342 g/mol. The summed E-state index contributed by atoms with van der Waals surface area (Å²) in [5.74, 6) is 2.00. The van der Waals surface area contributed by atoms with Crippen molar-refractivity contribution in [2.24, 2.45) is 0 Å². The molecule has 138 valence electrons. The Labute approximate surface area is 156 Å². The third kappa shape index (κ3) is 2.93. The van der Waals surface area contributed by atoms with Crippen LogP contribution in [0.1, 0.15) is 30.4 Å². The lowest BCUT2D eigenvalue weighted by Crippen LogP contribution is -2.35. The van der Waals surface area contributed by atoms with Gasteiger partial charge in [-0.05, 0) is 30.9 Å². The van der Waals surface area contributed by atoms with Gasteiger partial charge >= 0.3 is 0 Å². The lowest BCUT2D eigenvalue weighted by atomic mass is 9.90. The summed E-state index contributed by atoms with van der Waals surface area (Å²) < 4.78 is 6.22. The van der Waals surface area contributed by atoms with Crippen LogP contribution in [0, 0.1) is 0 Å². The Kier molecular flexibility index (Phi) is 3.99. The number of nitrogens with one attached hydrogen (secondary N) is 1. The molecule has 2 aromatic heterocycles. The lowest BCUT2D eigenvalue weighted by Gasteiger charge is -2.26. The van der Waals surface area contributed by atoms with E-state index in [1.54, 1.807) is 12.7 Å². The minimum atomic E-state index is 0.231. The Hall–Kier alpha value is -2.96. The molecule has 1 atom stereocenters. The fourth-order valence-electron chi connectivity index (χ4n) is 4.18. The number of carbonyl (C=O) groups is 1. The number of H-pyrrole nitrogens is 1. The van der Waals surface area contributed by atoms with Crippen molar-refractivity contribution in [3.63, 3.8) is 0 Å². The Bertz CT molecular complexity index is 999. The number of aromatic amines is 1. The highest BCUT2D eigenvalue weighted by Gasteiger charge is 2.29. The number of aryl methyl sites for hydroxylation is 1. The molecule has 7 heteroatoms. The van der Waals surface area contributed by atoms with Crippen molar-refractivity contribution in [3.05, 3.63) is 42.0 Å². The average molecular weight is 363 g/mol. The molecule has 1 fully saturated rings. The number of anilines is 1. The quantitative estimate of drug-likeness (QED) is 0.767. The van der Waals surface area contributed by atoms with Crippen molar-refractivity contribution in [1.29, 1.82) is 0 Å². The zero-order valence-electron chi connectivity index (χ0n) is 15.0. The van der Waals surface area contributed by atoms with E-state index in [1.165, 1.54) is 5.56 Å².